The highest BCUT2D eigenvalue weighted by molar-refractivity contribution is 6.31. The minimum absolute atomic E-state index is 0.0626. The molecule has 8 nitrogen and oxygen atoms in total. The number of nitrogens with one attached hydrogen (secondary N) is 1. The number of carbonyl (C=O) groups excluding carboxylic acids is 1. The first-order valence-corrected chi connectivity index (χ1v) is 9.58. The van der Waals surface area contributed by atoms with Crippen molar-refractivity contribution >= 4 is 34.6 Å². The van der Waals surface area contributed by atoms with Gasteiger partial charge in [0.2, 0.25) is 0 Å². The summed E-state index contributed by atoms with van der Waals surface area (Å²) in [7, 11) is 3.36. The van der Waals surface area contributed by atoms with E-state index < -0.39 is 10.9 Å². The molecule has 1 N–H and O–H groups in total. The summed E-state index contributed by atoms with van der Waals surface area (Å²) in [6.07, 6.45) is 0. The third kappa shape index (κ3) is 5.23. The van der Waals surface area contributed by atoms with Crippen LogP contribution in [0.1, 0.15) is 15.9 Å². The zero-order chi connectivity index (χ0) is 21.0. The molecule has 29 heavy (non-hydrogen) atoms. The lowest BCUT2D eigenvalue weighted by molar-refractivity contribution is -0.384. The van der Waals surface area contributed by atoms with E-state index in [0.29, 0.717) is 17.3 Å². The number of hydrogen-bond donors (Lipinski definition) is 1. The highest BCUT2D eigenvalue weighted by Crippen LogP contribution is 2.32. The van der Waals surface area contributed by atoms with E-state index in [1.165, 1.54) is 19.2 Å². The van der Waals surface area contributed by atoms with E-state index in [4.69, 9.17) is 16.3 Å². The van der Waals surface area contributed by atoms with Crippen molar-refractivity contribution < 1.29 is 14.5 Å². The molecule has 2 aromatic carbocycles. The van der Waals surface area contributed by atoms with Crippen molar-refractivity contribution in [3.05, 3.63) is 62.7 Å². The van der Waals surface area contributed by atoms with Crippen LogP contribution < -0.4 is 5.32 Å². The van der Waals surface area contributed by atoms with Crippen LogP contribution in [0.5, 0.6) is 0 Å². The fraction of sp³-hybridized carbons (Fsp3) is 0.350. The number of nitrogens with zero attached hydrogens (tertiary/aromatic N) is 3. The number of methoxy groups -OCH3 is 1. The van der Waals surface area contributed by atoms with Crippen LogP contribution in [-0.2, 0) is 11.3 Å². The second-order valence-corrected chi connectivity index (χ2v) is 7.43. The Morgan fingerprint density at radius 1 is 1.17 bits per heavy atom. The summed E-state index contributed by atoms with van der Waals surface area (Å²) < 4.78 is 4.78. The van der Waals surface area contributed by atoms with E-state index >= 15 is 0 Å². The topological polar surface area (TPSA) is 88.0 Å². The maximum Gasteiger partial charge on any atom is 0.339 e. The van der Waals surface area contributed by atoms with Gasteiger partial charge in [-0.05, 0) is 36.9 Å². The number of piperazine rings is 1. The van der Waals surface area contributed by atoms with E-state index in [9.17, 15) is 14.9 Å². The number of esters is 1. The number of nitro groups is 1. The minimum atomic E-state index is -0.557. The summed E-state index contributed by atoms with van der Waals surface area (Å²) in [4.78, 5) is 27.8. The lowest BCUT2D eigenvalue weighted by atomic mass is 10.1. The second kappa shape index (κ2) is 9.21. The first-order valence-electron chi connectivity index (χ1n) is 9.20. The first kappa shape index (κ1) is 21.0. The molecule has 9 heteroatoms. The van der Waals surface area contributed by atoms with Crippen molar-refractivity contribution in [1.29, 1.82) is 0 Å². The van der Waals surface area contributed by atoms with Gasteiger partial charge in [0.05, 0.1) is 23.3 Å². The molecule has 1 aliphatic rings. The zero-order valence-corrected chi connectivity index (χ0v) is 17.1. The normalized spacial score (nSPS) is 15.1. The van der Waals surface area contributed by atoms with Crippen LogP contribution >= 0.6 is 11.6 Å². The van der Waals surface area contributed by atoms with Crippen molar-refractivity contribution in [2.24, 2.45) is 0 Å². The third-order valence-corrected chi connectivity index (χ3v) is 5.15. The average molecular weight is 419 g/mol. The van der Waals surface area contributed by atoms with Crippen molar-refractivity contribution in [1.82, 2.24) is 9.80 Å². The summed E-state index contributed by atoms with van der Waals surface area (Å²) >= 11 is 6.04. The van der Waals surface area contributed by atoms with Gasteiger partial charge >= 0.3 is 5.97 Å². The number of likely N-dealkylation sites (N-methyl/N-ethyl adjacent to an activating group) is 1. The third-order valence-electron chi connectivity index (χ3n) is 4.92. The van der Waals surface area contributed by atoms with Gasteiger partial charge in [-0.25, -0.2) is 4.79 Å². The molecule has 0 aliphatic carbocycles. The highest BCUT2D eigenvalue weighted by Gasteiger charge is 2.20. The molecule has 0 saturated carbocycles. The molecule has 1 saturated heterocycles. The molecule has 1 heterocycles. The summed E-state index contributed by atoms with van der Waals surface area (Å²) in [5.41, 5.74) is 1.68. The van der Waals surface area contributed by atoms with Crippen LogP contribution in [0.15, 0.2) is 36.4 Å². The number of nitro benzene ring substituents is 1. The molecule has 1 fully saturated rings. The number of ether oxygens (including phenoxy) is 1. The van der Waals surface area contributed by atoms with Crippen molar-refractivity contribution in [3.8, 4) is 0 Å². The standard InChI is InChI=1S/C20H23ClN4O4/c1-23-7-9-24(10-8-23)13-14-3-6-17(19(11-14)25(27)28)22-18-12-15(21)4-5-16(18)20(26)29-2/h3-6,11-12,22H,7-10,13H2,1-2H3. The molecule has 0 amide bonds. The Kier molecular flexibility index (Phi) is 6.68. The SMILES string of the molecule is COC(=O)c1ccc(Cl)cc1Nc1ccc(CN2CCN(C)CC2)cc1[N+](=O)[O-]. The number of benzene rings is 2. The molecule has 2 aromatic rings. The summed E-state index contributed by atoms with van der Waals surface area (Å²) in [5, 5.41) is 15.0. The van der Waals surface area contributed by atoms with E-state index in [0.717, 1.165) is 31.7 Å². The monoisotopic (exact) mass is 418 g/mol. The summed E-state index contributed by atoms with van der Waals surface area (Å²) in [6, 6.07) is 9.71. The maximum absolute atomic E-state index is 12.0. The van der Waals surface area contributed by atoms with E-state index in [-0.39, 0.29) is 16.9 Å². The van der Waals surface area contributed by atoms with Crippen molar-refractivity contribution in [3.63, 3.8) is 0 Å². The molecule has 3 rings (SSSR count). The fourth-order valence-corrected chi connectivity index (χ4v) is 3.42. The smallest absolute Gasteiger partial charge is 0.339 e. The molecule has 0 bridgehead atoms. The molecule has 0 spiro atoms. The van der Waals surface area contributed by atoms with Crippen molar-refractivity contribution in [2.45, 2.75) is 6.54 Å². The Labute approximate surface area is 174 Å². The Morgan fingerprint density at radius 2 is 1.90 bits per heavy atom. The number of hydrogen-bond acceptors (Lipinski definition) is 7. The van der Waals surface area contributed by atoms with E-state index in [1.54, 1.807) is 18.2 Å². The Morgan fingerprint density at radius 3 is 2.55 bits per heavy atom. The molecular weight excluding hydrogens is 396 g/mol. The lowest BCUT2D eigenvalue weighted by Gasteiger charge is -2.32. The maximum atomic E-state index is 12.0. The Hall–Kier alpha value is -2.68. The van der Waals surface area contributed by atoms with Crippen LogP contribution in [0.4, 0.5) is 17.1 Å². The molecule has 154 valence electrons. The van der Waals surface area contributed by atoms with Crippen LogP contribution in [-0.4, -0.2) is 61.0 Å². The van der Waals surface area contributed by atoms with Gasteiger partial charge in [-0.1, -0.05) is 17.7 Å². The highest BCUT2D eigenvalue weighted by atomic mass is 35.5. The van der Waals surface area contributed by atoms with Gasteiger partial charge in [0, 0.05) is 43.8 Å². The van der Waals surface area contributed by atoms with Crippen LogP contribution in [0.3, 0.4) is 0 Å². The van der Waals surface area contributed by atoms with Gasteiger partial charge in [-0.15, -0.1) is 0 Å². The predicted octanol–water partition coefficient (Wildman–Crippen LogP) is 3.53. The fourth-order valence-electron chi connectivity index (χ4n) is 3.25. The Bertz CT molecular complexity index is 913. The van der Waals surface area contributed by atoms with Gasteiger partial charge in [0.25, 0.3) is 5.69 Å². The molecule has 1 aliphatic heterocycles. The van der Waals surface area contributed by atoms with Gasteiger partial charge in [0.1, 0.15) is 5.69 Å². The number of rotatable bonds is 6. The zero-order valence-electron chi connectivity index (χ0n) is 16.4. The van der Waals surface area contributed by atoms with E-state index in [1.807, 2.05) is 6.07 Å². The predicted molar refractivity (Wildman–Crippen MR) is 112 cm³/mol. The number of anilines is 2. The molecule has 0 aromatic heterocycles. The van der Waals surface area contributed by atoms with Gasteiger partial charge in [-0.2, -0.15) is 0 Å². The number of carbonyl (C=O) groups is 1. The van der Waals surface area contributed by atoms with Gasteiger partial charge in [0.15, 0.2) is 0 Å². The van der Waals surface area contributed by atoms with Crippen molar-refractivity contribution in [2.75, 3.05) is 45.7 Å². The summed E-state index contributed by atoms with van der Waals surface area (Å²) in [6.45, 7) is 4.46. The number of halogens is 1. The quantitative estimate of drug-likeness (QED) is 0.436. The van der Waals surface area contributed by atoms with Gasteiger partial charge in [-0.3, -0.25) is 15.0 Å². The van der Waals surface area contributed by atoms with Crippen LogP contribution in [0.25, 0.3) is 0 Å². The molecule has 0 radical (unpaired) electrons. The first-order chi connectivity index (χ1) is 13.9. The molecule has 0 atom stereocenters. The van der Waals surface area contributed by atoms with Crippen LogP contribution in [0, 0.1) is 10.1 Å². The minimum Gasteiger partial charge on any atom is -0.465 e. The molecule has 0 unspecified atom stereocenters. The summed E-state index contributed by atoms with van der Waals surface area (Å²) in [5.74, 6) is -0.557. The van der Waals surface area contributed by atoms with Crippen LogP contribution in [0.2, 0.25) is 5.02 Å². The largest absolute Gasteiger partial charge is 0.465 e. The molecular formula is C20H23ClN4O4. The Balaban J connectivity index is 1.86. The average Bonchev–Trinajstić information content (AvgIpc) is 2.70. The second-order valence-electron chi connectivity index (χ2n) is 6.99. The lowest BCUT2D eigenvalue weighted by Crippen LogP contribution is -2.43. The van der Waals surface area contributed by atoms with E-state index in [2.05, 4.69) is 22.2 Å². The van der Waals surface area contributed by atoms with Gasteiger partial charge < -0.3 is 15.0 Å².